The van der Waals surface area contributed by atoms with Crippen LogP contribution in [0, 0.1) is 6.92 Å². The summed E-state index contributed by atoms with van der Waals surface area (Å²) in [4.78, 5) is 28.2. The average molecular weight is 372 g/mol. The zero-order valence-corrected chi connectivity index (χ0v) is 15.6. The van der Waals surface area contributed by atoms with Gasteiger partial charge in [-0.1, -0.05) is 0 Å². The molecular formula is C15H22ClN5O2S. The Bertz CT molecular complexity index is 716. The van der Waals surface area contributed by atoms with Crippen molar-refractivity contribution < 1.29 is 9.59 Å². The largest absolute Gasteiger partial charge is 0.340 e. The number of carbonyl (C=O) groups excluding carboxylic acids is 2. The highest BCUT2D eigenvalue weighted by atomic mass is 35.5. The number of halogens is 1. The molecule has 0 aliphatic carbocycles. The van der Waals surface area contributed by atoms with E-state index in [4.69, 9.17) is 0 Å². The van der Waals surface area contributed by atoms with Gasteiger partial charge in [0.15, 0.2) is 0 Å². The Morgan fingerprint density at radius 2 is 2.04 bits per heavy atom. The number of aromatic nitrogens is 2. The minimum atomic E-state index is -0.523. The van der Waals surface area contributed by atoms with Crippen LogP contribution < -0.4 is 10.6 Å². The molecule has 7 nitrogen and oxygen atoms in total. The fourth-order valence-corrected chi connectivity index (χ4v) is 3.83. The maximum absolute atomic E-state index is 12.4. The third kappa shape index (κ3) is 3.55. The van der Waals surface area contributed by atoms with Crippen LogP contribution in [-0.2, 0) is 11.8 Å². The maximum atomic E-state index is 12.4. The maximum Gasteiger partial charge on any atom is 0.262 e. The van der Waals surface area contributed by atoms with E-state index in [9.17, 15) is 9.59 Å². The molecule has 0 radical (unpaired) electrons. The summed E-state index contributed by atoms with van der Waals surface area (Å²) in [6, 6.07) is 1.32. The Kier molecular flexibility index (Phi) is 5.84. The second-order valence-electron chi connectivity index (χ2n) is 5.81. The minimum Gasteiger partial charge on any atom is -0.340 e. The molecule has 0 bridgehead atoms. The van der Waals surface area contributed by atoms with Gasteiger partial charge in [0.25, 0.3) is 5.91 Å². The summed E-state index contributed by atoms with van der Waals surface area (Å²) in [6.07, 6.45) is 0. The van der Waals surface area contributed by atoms with Crippen molar-refractivity contribution in [1.82, 2.24) is 25.3 Å². The zero-order chi connectivity index (χ0) is 16.6. The van der Waals surface area contributed by atoms with E-state index in [1.54, 1.807) is 16.5 Å². The van der Waals surface area contributed by atoms with Gasteiger partial charge in [0, 0.05) is 38.6 Å². The SMILES string of the molecule is Cc1nn(C)c2sc(C(=O)NC(C)C(=O)N3CCNCC3)cc12.Cl. The van der Waals surface area contributed by atoms with E-state index in [0.29, 0.717) is 18.0 Å². The molecule has 2 N–H and O–H groups in total. The molecule has 2 aromatic heterocycles. The zero-order valence-electron chi connectivity index (χ0n) is 14.0. The summed E-state index contributed by atoms with van der Waals surface area (Å²) >= 11 is 1.40. The lowest BCUT2D eigenvalue weighted by Crippen LogP contribution is -2.53. The van der Waals surface area contributed by atoms with Crippen LogP contribution in [-0.4, -0.2) is 58.7 Å². The number of hydrogen-bond acceptors (Lipinski definition) is 5. The van der Waals surface area contributed by atoms with Crippen molar-refractivity contribution >= 4 is 45.8 Å². The van der Waals surface area contributed by atoms with Crippen LogP contribution in [0.3, 0.4) is 0 Å². The second kappa shape index (κ2) is 7.50. The Hall–Kier alpha value is -1.64. The van der Waals surface area contributed by atoms with Crippen LogP contribution in [0.25, 0.3) is 10.2 Å². The smallest absolute Gasteiger partial charge is 0.262 e. The Morgan fingerprint density at radius 1 is 1.38 bits per heavy atom. The molecule has 0 aromatic carbocycles. The summed E-state index contributed by atoms with van der Waals surface area (Å²) < 4.78 is 1.78. The van der Waals surface area contributed by atoms with E-state index in [2.05, 4.69) is 15.7 Å². The highest BCUT2D eigenvalue weighted by Crippen LogP contribution is 2.27. The fraction of sp³-hybridized carbons (Fsp3) is 0.533. The Labute approximate surface area is 150 Å². The topological polar surface area (TPSA) is 79.3 Å². The number of nitrogens with zero attached hydrogens (tertiary/aromatic N) is 3. The number of rotatable bonds is 3. The predicted molar refractivity (Wildman–Crippen MR) is 97.0 cm³/mol. The molecule has 1 saturated heterocycles. The van der Waals surface area contributed by atoms with E-state index >= 15 is 0 Å². The first kappa shape index (κ1) is 18.7. The summed E-state index contributed by atoms with van der Waals surface area (Å²) in [5, 5.41) is 11.3. The number of carbonyl (C=O) groups is 2. The van der Waals surface area contributed by atoms with Crippen molar-refractivity contribution in [2.24, 2.45) is 7.05 Å². The van der Waals surface area contributed by atoms with E-state index in [1.807, 2.05) is 20.0 Å². The van der Waals surface area contributed by atoms with Crippen LogP contribution in [0.2, 0.25) is 0 Å². The van der Waals surface area contributed by atoms with Crippen molar-refractivity contribution in [3.8, 4) is 0 Å². The van der Waals surface area contributed by atoms with Crippen LogP contribution in [0.4, 0.5) is 0 Å². The van der Waals surface area contributed by atoms with Crippen LogP contribution in [0.15, 0.2) is 6.07 Å². The molecule has 1 aliphatic heterocycles. The minimum absolute atomic E-state index is 0. The molecular weight excluding hydrogens is 350 g/mol. The number of aryl methyl sites for hydroxylation is 2. The average Bonchev–Trinajstić information content (AvgIpc) is 3.09. The molecule has 1 unspecified atom stereocenters. The van der Waals surface area contributed by atoms with Gasteiger partial charge in [0.2, 0.25) is 5.91 Å². The summed E-state index contributed by atoms with van der Waals surface area (Å²) in [5.74, 6) is -0.236. The van der Waals surface area contributed by atoms with E-state index in [0.717, 1.165) is 29.0 Å². The summed E-state index contributed by atoms with van der Waals surface area (Å²) in [6.45, 7) is 6.64. The Morgan fingerprint density at radius 3 is 2.67 bits per heavy atom. The van der Waals surface area contributed by atoms with Gasteiger partial charge in [-0.15, -0.1) is 23.7 Å². The van der Waals surface area contributed by atoms with Gasteiger partial charge >= 0.3 is 0 Å². The first-order valence-electron chi connectivity index (χ1n) is 7.71. The van der Waals surface area contributed by atoms with Gasteiger partial charge in [-0.2, -0.15) is 5.10 Å². The number of hydrogen-bond donors (Lipinski definition) is 2. The van der Waals surface area contributed by atoms with Gasteiger partial charge in [0.1, 0.15) is 10.9 Å². The highest BCUT2D eigenvalue weighted by molar-refractivity contribution is 7.20. The number of thiophene rings is 1. The van der Waals surface area contributed by atoms with Gasteiger partial charge in [-0.05, 0) is 19.9 Å². The first-order valence-corrected chi connectivity index (χ1v) is 8.52. The lowest BCUT2D eigenvalue weighted by atomic mass is 10.2. The van der Waals surface area contributed by atoms with E-state index < -0.39 is 6.04 Å². The van der Waals surface area contributed by atoms with Crippen LogP contribution in [0.5, 0.6) is 0 Å². The molecule has 0 spiro atoms. The van der Waals surface area contributed by atoms with Gasteiger partial charge in [-0.25, -0.2) is 0 Å². The number of nitrogens with one attached hydrogen (secondary N) is 2. The molecule has 1 fully saturated rings. The molecule has 3 rings (SSSR count). The van der Waals surface area contributed by atoms with E-state index in [1.165, 1.54) is 11.3 Å². The molecule has 24 heavy (non-hydrogen) atoms. The van der Waals surface area contributed by atoms with Crippen LogP contribution >= 0.6 is 23.7 Å². The molecule has 2 aromatic rings. The summed E-state index contributed by atoms with van der Waals surface area (Å²) in [5.41, 5.74) is 0.905. The third-order valence-corrected chi connectivity index (χ3v) is 5.27. The molecule has 132 valence electrons. The molecule has 1 atom stereocenters. The van der Waals surface area contributed by atoms with Gasteiger partial charge in [-0.3, -0.25) is 14.3 Å². The number of fused-ring (bicyclic) bond motifs is 1. The molecule has 2 amide bonds. The van der Waals surface area contributed by atoms with Crippen molar-refractivity contribution in [2.75, 3.05) is 26.2 Å². The monoisotopic (exact) mass is 371 g/mol. The Balaban J connectivity index is 0.00000208. The van der Waals surface area contributed by atoms with Crippen LogP contribution in [0.1, 0.15) is 22.3 Å². The quantitative estimate of drug-likeness (QED) is 0.840. The summed E-state index contributed by atoms with van der Waals surface area (Å²) in [7, 11) is 1.87. The lowest BCUT2D eigenvalue weighted by Gasteiger charge is -2.29. The molecule has 1 aliphatic rings. The third-order valence-electron chi connectivity index (χ3n) is 4.07. The van der Waals surface area contributed by atoms with Crippen molar-refractivity contribution in [1.29, 1.82) is 0 Å². The van der Waals surface area contributed by atoms with Crippen molar-refractivity contribution in [3.63, 3.8) is 0 Å². The fourth-order valence-electron chi connectivity index (χ4n) is 2.81. The first-order chi connectivity index (χ1) is 11.0. The van der Waals surface area contributed by atoms with Gasteiger partial charge < -0.3 is 15.5 Å². The lowest BCUT2D eigenvalue weighted by molar-refractivity contribution is -0.133. The van der Waals surface area contributed by atoms with Crippen molar-refractivity contribution in [2.45, 2.75) is 19.9 Å². The van der Waals surface area contributed by atoms with Gasteiger partial charge in [0.05, 0.1) is 10.6 Å². The predicted octanol–water partition coefficient (Wildman–Crippen LogP) is 0.915. The second-order valence-corrected chi connectivity index (χ2v) is 6.84. The molecule has 0 saturated carbocycles. The molecule has 9 heteroatoms. The molecule has 3 heterocycles. The normalized spacial score (nSPS) is 15.9. The standard InChI is InChI=1S/C15H21N5O2S.ClH/c1-9-11-8-12(23-15(11)19(3)18-9)13(21)17-10(2)14(22)20-6-4-16-5-7-20;/h8,10,16H,4-7H2,1-3H3,(H,17,21);1H. The van der Waals surface area contributed by atoms with E-state index in [-0.39, 0.29) is 24.2 Å². The number of piperazine rings is 1. The number of amides is 2. The highest BCUT2D eigenvalue weighted by Gasteiger charge is 2.24. The van der Waals surface area contributed by atoms with Crippen molar-refractivity contribution in [3.05, 3.63) is 16.6 Å².